The van der Waals surface area contributed by atoms with Crippen LogP contribution in [0.15, 0.2) is 0 Å². The maximum absolute atomic E-state index is 14.0. The Morgan fingerprint density at radius 3 is 2.05 bits per heavy atom. The zero-order valence-corrected chi connectivity index (χ0v) is 13.8. The average molecular weight is 296 g/mol. The fraction of sp³-hybridized carbons (Fsp3) is 1.00. The van der Waals surface area contributed by atoms with Crippen molar-refractivity contribution in [2.24, 2.45) is 17.8 Å². The van der Waals surface area contributed by atoms with E-state index in [9.17, 15) is 4.39 Å². The SMILES string of the molecule is FC1CCCCC1C[NH+]1CCC(CC2CCCCC2)CC1. The first-order valence-electron chi connectivity index (χ1n) is 9.79. The van der Waals surface area contributed by atoms with Crippen LogP contribution in [0.3, 0.4) is 0 Å². The standard InChI is InChI=1S/C19H34FN/c20-19-9-5-4-8-18(19)15-21-12-10-17(11-13-21)14-16-6-2-1-3-7-16/h16-19H,1-15H2/p+1. The molecule has 0 spiro atoms. The monoisotopic (exact) mass is 296 g/mol. The van der Waals surface area contributed by atoms with Gasteiger partial charge in [0.1, 0.15) is 6.17 Å². The van der Waals surface area contributed by atoms with Crippen LogP contribution in [0.25, 0.3) is 0 Å². The molecular formula is C19H35FN+. The number of quaternary nitrogens is 1. The Hall–Kier alpha value is -0.110. The molecular weight excluding hydrogens is 261 g/mol. The highest BCUT2D eigenvalue weighted by atomic mass is 19.1. The van der Waals surface area contributed by atoms with Gasteiger partial charge in [0.25, 0.3) is 0 Å². The van der Waals surface area contributed by atoms with Crippen LogP contribution in [-0.2, 0) is 0 Å². The predicted octanol–water partition coefficient (Wildman–Crippen LogP) is 3.78. The minimum atomic E-state index is -0.494. The molecule has 122 valence electrons. The lowest BCUT2D eigenvalue weighted by Gasteiger charge is -2.35. The van der Waals surface area contributed by atoms with Crippen molar-refractivity contribution < 1.29 is 9.29 Å². The lowest BCUT2D eigenvalue weighted by Crippen LogP contribution is -3.13. The van der Waals surface area contributed by atoms with Crippen molar-refractivity contribution >= 4 is 0 Å². The molecule has 0 radical (unpaired) electrons. The van der Waals surface area contributed by atoms with Gasteiger partial charge < -0.3 is 4.90 Å². The topological polar surface area (TPSA) is 4.44 Å². The number of hydrogen-bond donors (Lipinski definition) is 1. The molecule has 0 bridgehead atoms. The van der Waals surface area contributed by atoms with E-state index >= 15 is 0 Å². The van der Waals surface area contributed by atoms with Gasteiger partial charge in [-0.2, -0.15) is 0 Å². The summed E-state index contributed by atoms with van der Waals surface area (Å²) in [7, 11) is 0. The lowest BCUT2D eigenvalue weighted by atomic mass is 9.79. The average Bonchev–Trinajstić information content (AvgIpc) is 2.52. The Morgan fingerprint density at radius 2 is 1.33 bits per heavy atom. The molecule has 3 fully saturated rings. The Balaban J connectivity index is 1.36. The molecule has 1 heterocycles. The van der Waals surface area contributed by atoms with Crippen molar-refractivity contribution in [1.82, 2.24) is 0 Å². The molecule has 3 aliphatic rings. The summed E-state index contributed by atoms with van der Waals surface area (Å²) in [5, 5.41) is 0. The largest absolute Gasteiger partial charge is 0.335 e. The molecule has 0 aromatic heterocycles. The van der Waals surface area contributed by atoms with Gasteiger partial charge in [0.05, 0.1) is 19.6 Å². The number of alkyl halides is 1. The van der Waals surface area contributed by atoms with Gasteiger partial charge in [-0.05, 0) is 43.9 Å². The van der Waals surface area contributed by atoms with Crippen LogP contribution >= 0.6 is 0 Å². The highest BCUT2D eigenvalue weighted by molar-refractivity contribution is 4.75. The van der Waals surface area contributed by atoms with Gasteiger partial charge in [-0.3, -0.25) is 0 Å². The Kier molecular flexibility index (Phi) is 5.97. The van der Waals surface area contributed by atoms with Crippen LogP contribution in [0.5, 0.6) is 0 Å². The molecule has 0 aromatic carbocycles. The van der Waals surface area contributed by atoms with E-state index in [1.54, 1.807) is 4.90 Å². The van der Waals surface area contributed by atoms with Gasteiger partial charge >= 0.3 is 0 Å². The van der Waals surface area contributed by atoms with Crippen LogP contribution in [0.2, 0.25) is 0 Å². The molecule has 0 amide bonds. The van der Waals surface area contributed by atoms with E-state index in [1.807, 2.05) is 0 Å². The third-order valence-electron chi connectivity index (χ3n) is 6.57. The Morgan fingerprint density at radius 1 is 0.714 bits per heavy atom. The van der Waals surface area contributed by atoms with Crippen LogP contribution in [-0.4, -0.2) is 25.8 Å². The summed E-state index contributed by atoms with van der Waals surface area (Å²) in [4.78, 5) is 1.71. The van der Waals surface area contributed by atoms with E-state index in [1.165, 1.54) is 70.9 Å². The van der Waals surface area contributed by atoms with Crippen molar-refractivity contribution in [1.29, 1.82) is 0 Å². The molecule has 1 aliphatic heterocycles. The highest BCUT2D eigenvalue weighted by Gasteiger charge is 2.31. The van der Waals surface area contributed by atoms with E-state index < -0.39 is 6.17 Å². The van der Waals surface area contributed by atoms with Gasteiger partial charge in [-0.1, -0.05) is 44.9 Å². The molecule has 1 nitrogen and oxygen atoms in total. The quantitative estimate of drug-likeness (QED) is 0.805. The number of likely N-dealkylation sites (tertiary alicyclic amines) is 1. The van der Waals surface area contributed by atoms with E-state index in [-0.39, 0.29) is 0 Å². The molecule has 2 atom stereocenters. The third kappa shape index (κ3) is 4.68. The summed E-state index contributed by atoms with van der Waals surface area (Å²) in [6, 6.07) is 0. The van der Waals surface area contributed by atoms with E-state index in [2.05, 4.69) is 0 Å². The van der Waals surface area contributed by atoms with Gasteiger partial charge in [0.15, 0.2) is 0 Å². The van der Waals surface area contributed by atoms with Gasteiger partial charge in [0, 0.05) is 5.92 Å². The van der Waals surface area contributed by atoms with E-state index in [4.69, 9.17) is 0 Å². The summed E-state index contributed by atoms with van der Waals surface area (Å²) in [6.07, 6.45) is 15.6. The summed E-state index contributed by atoms with van der Waals surface area (Å²) in [5.74, 6) is 2.41. The van der Waals surface area contributed by atoms with Crippen LogP contribution in [0.4, 0.5) is 4.39 Å². The minimum Gasteiger partial charge on any atom is -0.335 e. The van der Waals surface area contributed by atoms with E-state index in [0.29, 0.717) is 5.92 Å². The van der Waals surface area contributed by atoms with Gasteiger partial charge in [-0.25, -0.2) is 4.39 Å². The van der Waals surface area contributed by atoms with Crippen molar-refractivity contribution in [3.63, 3.8) is 0 Å². The second-order valence-electron chi connectivity index (χ2n) is 8.20. The normalized spacial score (nSPS) is 39.3. The van der Waals surface area contributed by atoms with Crippen molar-refractivity contribution in [2.45, 2.75) is 83.2 Å². The molecule has 2 saturated carbocycles. The fourth-order valence-electron chi connectivity index (χ4n) is 5.18. The summed E-state index contributed by atoms with van der Waals surface area (Å²) in [5.41, 5.74) is 0. The molecule has 2 heteroatoms. The number of rotatable bonds is 4. The van der Waals surface area contributed by atoms with Crippen LogP contribution < -0.4 is 4.90 Å². The fourth-order valence-corrected chi connectivity index (χ4v) is 5.18. The Bertz CT molecular complexity index is 292. The first-order valence-corrected chi connectivity index (χ1v) is 9.79. The Labute approximate surface area is 130 Å². The molecule has 21 heavy (non-hydrogen) atoms. The van der Waals surface area contributed by atoms with Crippen molar-refractivity contribution in [3.8, 4) is 0 Å². The van der Waals surface area contributed by atoms with Gasteiger partial charge in [0.2, 0.25) is 0 Å². The predicted molar refractivity (Wildman–Crippen MR) is 86.3 cm³/mol. The number of hydrogen-bond acceptors (Lipinski definition) is 0. The molecule has 3 rings (SSSR count). The lowest BCUT2D eigenvalue weighted by molar-refractivity contribution is -0.910. The summed E-state index contributed by atoms with van der Waals surface area (Å²) >= 11 is 0. The minimum absolute atomic E-state index is 0.378. The van der Waals surface area contributed by atoms with Crippen molar-refractivity contribution in [3.05, 3.63) is 0 Å². The first-order chi connectivity index (χ1) is 10.3. The second-order valence-corrected chi connectivity index (χ2v) is 8.20. The molecule has 2 unspecified atom stereocenters. The van der Waals surface area contributed by atoms with Crippen LogP contribution in [0.1, 0.15) is 77.0 Å². The summed E-state index contributed by atoms with van der Waals surface area (Å²) < 4.78 is 14.0. The zero-order valence-electron chi connectivity index (χ0n) is 13.8. The number of piperidine rings is 1. The summed E-state index contributed by atoms with van der Waals surface area (Å²) in [6.45, 7) is 3.76. The molecule has 0 aromatic rings. The van der Waals surface area contributed by atoms with Gasteiger partial charge in [-0.15, -0.1) is 0 Å². The van der Waals surface area contributed by atoms with E-state index in [0.717, 1.165) is 37.6 Å². The number of nitrogens with one attached hydrogen (secondary N) is 1. The maximum atomic E-state index is 14.0. The highest BCUT2D eigenvalue weighted by Crippen LogP contribution is 2.31. The number of halogens is 1. The third-order valence-corrected chi connectivity index (χ3v) is 6.57. The zero-order chi connectivity index (χ0) is 14.5. The van der Waals surface area contributed by atoms with Crippen LogP contribution in [0, 0.1) is 17.8 Å². The molecule has 1 saturated heterocycles. The molecule has 1 N–H and O–H groups in total. The smallest absolute Gasteiger partial charge is 0.108 e. The second kappa shape index (κ2) is 7.94. The van der Waals surface area contributed by atoms with Crippen molar-refractivity contribution in [2.75, 3.05) is 19.6 Å². The molecule has 2 aliphatic carbocycles. The first kappa shape index (κ1) is 15.8. The maximum Gasteiger partial charge on any atom is 0.108 e.